The molecule has 0 spiro atoms. The number of ether oxygens (including phenoxy) is 1. The number of hydrogen-bond donors (Lipinski definition) is 0. The van der Waals surface area contributed by atoms with E-state index in [0.717, 1.165) is 13.1 Å². The Morgan fingerprint density at radius 2 is 2.06 bits per heavy atom. The predicted molar refractivity (Wildman–Crippen MR) is 62.2 cm³/mol. The molecule has 94 valence electrons. The standard InChI is InChI=1S/C12H22NO2.ClH/c1-7-9-13(6,8-2)11(5)15-12(14)10(3)4;/h7,11H,1,3,8-9H2,2,4-6H3;1H/q+1;/p-1. The third-order valence-electron chi connectivity index (χ3n) is 2.77. The highest BCUT2D eigenvalue weighted by atomic mass is 35.5. The van der Waals surface area contributed by atoms with Crippen LogP contribution >= 0.6 is 0 Å². The summed E-state index contributed by atoms with van der Waals surface area (Å²) < 4.78 is 5.95. The molecule has 4 heteroatoms. The Balaban J connectivity index is 0. The minimum Gasteiger partial charge on any atom is -1.00 e. The zero-order valence-electron chi connectivity index (χ0n) is 10.6. The van der Waals surface area contributed by atoms with Crippen LogP contribution < -0.4 is 12.4 Å². The fourth-order valence-electron chi connectivity index (χ4n) is 1.21. The van der Waals surface area contributed by atoms with Gasteiger partial charge in [0.2, 0.25) is 6.23 Å². The first-order valence-corrected chi connectivity index (χ1v) is 5.19. The Kier molecular flexibility index (Phi) is 8.21. The van der Waals surface area contributed by atoms with Gasteiger partial charge in [0.15, 0.2) is 0 Å². The van der Waals surface area contributed by atoms with Crippen LogP contribution in [0.4, 0.5) is 0 Å². The van der Waals surface area contributed by atoms with Crippen LogP contribution in [0.2, 0.25) is 0 Å². The third kappa shape index (κ3) is 4.81. The molecule has 0 bridgehead atoms. The number of carbonyl (C=O) groups excluding carboxylic acids is 1. The molecule has 0 aliphatic carbocycles. The second-order valence-electron chi connectivity index (χ2n) is 4.05. The average Bonchev–Trinajstić information content (AvgIpc) is 2.17. The number of carbonyl (C=O) groups is 1. The van der Waals surface area contributed by atoms with Crippen molar-refractivity contribution in [3.8, 4) is 0 Å². The topological polar surface area (TPSA) is 26.3 Å². The lowest BCUT2D eigenvalue weighted by molar-refractivity contribution is -0.943. The lowest BCUT2D eigenvalue weighted by atomic mass is 10.3. The summed E-state index contributed by atoms with van der Waals surface area (Å²) >= 11 is 0. The highest BCUT2D eigenvalue weighted by Crippen LogP contribution is 2.12. The van der Waals surface area contributed by atoms with Crippen molar-refractivity contribution in [2.75, 3.05) is 20.1 Å². The van der Waals surface area contributed by atoms with Crippen molar-refractivity contribution in [3.05, 3.63) is 24.8 Å². The highest BCUT2D eigenvalue weighted by molar-refractivity contribution is 5.86. The minimum absolute atomic E-state index is 0. The van der Waals surface area contributed by atoms with Crippen LogP contribution in [-0.4, -0.2) is 36.8 Å². The van der Waals surface area contributed by atoms with Gasteiger partial charge in [-0.05, 0) is 19.9 Å². The van der Waals surface area contributed by atoms with Gasteiger partial charge in [0, 0.05) is 12.5 Å². The summed E-state index contributed by atoms with van der Waals surface area (Å²) in [6, 6.07) is 0. The van der Waals surface area contributed by atoms with Crippen LogP contribution in [0, 0.1) is 0 Å². The number of hydrogen-bond acceptors (Lipinski definition) is 2. The molecule has 3 nitrogen and oxygen atoms in total. The van der Waals surface area contributed by atoms with Crippen molar-refractivity contribution in [1.29, 1.82) is 0 Å². The molecular formula is C12H22ClNO2. The smallest absolute Gasteiger partial charge is 0.337 e. The Morgan fingerprint density at radius 3 is 2.38 bits per heavy atom. The first-order valence-electron chi connectivity index (χ1n) is 5.19. The van der Waals surface area contributed by atoms with E-state index in [4.69, 9.17) is 4.74 Å². The molecule has 0 rings (SSSR count). The van der Waals surface area contributed by atoms with Gasteiger partial charge in [0.05, 0.1) is 20.1 Å². The molecule has 0 saturated heterocycles. The molecule has 0 aliphatic rings. The molecule has 0 saturated carbocycles. The van der Waals surface area contributed by atoms with Gasteiger partial charge < -0.3 is 17.1 Å². The predicted octanol–water partition coefficient (Wildman–Crippen LogP) is -0.892. The van der Waals surface area contributed by atoms with Gasteiger partial charge in [0.25, 0.3) is 0 Å². The van der Waals surface area contributed by atoms with E-state index in [9.17, 15) is 4.79 Å². The normalized spacial score (nSPS) is 15.2. The SMILES string of the molecule is C=CC[N+](C)(CC)C(C)OC(=O)C(=C)C.[Cl-]. The number of rotatable bonds is 6. The summed E-state index contributed by atoms with van der Waals surface area (Å²) in [5.74, 6) is -0.329. The number of halogens is 1. The molecule has 0 fully saturated rings. The van der Waals surface area contributed by atoms with E-state index in [2.05, 4.69) is 20.1 Å². The number of likely N-dealkylation sites (N-methyl/N-ethyl adjacent to an activating group) is 1. The summed E-state index contributed by atoms with van der Waals surface area (Å²) in [5, 5.41) is 0. The Morgan fingerprint density at radius 1 is 1.56 bits per heavy atom. The monoisotopic (exact) mass is 247 g/mol. The van der Waals surface area contributed by atoms with Crippen LogP contribution in [0.5, 0.6) is 0 Å². The van der Waals surface area contributed by atoms with Crippen LogP contribution in [-0.2, 0) is 9.53 Å². The number of quaternary nitrogens is 1. The molecule has 0 heterocycles. The number of nitrogens with zero attached hydrogens (tertiary/aromatic N) is 1. The van der Waals surface area contributed by atoms with Crippen molar-refractivity contribution in [1.82, 2.24) is 0 Å². The molecule has 0 amide bonds. The van der Waals surface area contributed by atoms with Crippen LogP contribution in [0.3, 0.4) is 0 Å². The van der Waals surface area contributed by atoms with E-state index >= 15 is 0 Å². The van der Waals surface area contributed by atoms with Crippen molar-refractivity contribution >= 4 is 5.97 Å². The van der Waals surface area contributed by atoms with Gasteiger partial charge in [-0.2, -0.15) is 0 Å². The Labute approximate surface area is 105 Å². The van der Waals surface area contributed by atoms with Crippen molar-refractivity contribution in [2.24, 2.45) is 0 Å². The van der Waals surface area contributed by atoms with Crippen molar-refractivity contribution in [3.63, 3.8) is 0 Å². The molecule has 2 unspecified atom stereocenters. The zero-order chi connectivity index (χ0) is 12.1. The lowest BCUT2D eigenvalue weighted by Gasteiger charge is -2.37. The summed E-state index contributed by atoms with van der Waals surface area (Å²) in [6.45, 7) is 14.6. The van der Waals surface area contributed by atoms with Crippen LogP contribution in [0.1, 0.15) is 20.8 Å². The molecule has 0 aromatic heterocycles. The molecule has 0 aliphatic heterocycles. The van der Waals surface area contributed by atoms with Crippen LogP contribution in [0.25, 0.3) is 0 Å². The first-order chi connectivity index (χ1) is 6.87. The fourth-order valence-corrected chi connectivity index (χ4v) is 1.21. The first kappa shape index (κ1) is 17.6. The largest absolute Gasteiger partial charge is 1.00 e. The molecule has 0 radical (unpaired) electrons. The maximum atomic E-state index is 11.4. The van der Waals surface area contributed by atoms with Crippen molar-refractivity contribution < 1.29 is 26.4 Å². The minimum atomic E-state index is -0.329. The maximum Gasteiger partial charge on any atom is 0.337 e. The maximum absolute atomic E-state index is 11.4. The highest BCUT2D eigenvalue weighted by Gasteiger charge is 2.29. The van der Waals surface area contributed by atoms with E-state index in [1.807, 2.05) is 20.0 Å². The molecule has 16 heavy (non-hydrogen) atoms. The van der Waals surface area contributed by atoms with Crippen molar-refractivity contribution in [2.45, 2.75) is 27.0 Å². The summed E-state index contributed by atoms with van der Waals surface area (Å²) in [7, 11) is 2.04. The van der Waals surface area contributed by atoms with Gasteiger partial charge >= 0.3 is 5.97 Å². The molecule has 0 aromatic carbocycles. The Hall–Kier alpha value is -0.800. The Bertz CT molecular complexity index is 266. The van der Waals surface area contributed by atoms with E-state index in [1.54, 1.807) is 6.92 Å². The molecule has 0 aromatic rings. The van der Waals surface area contributed by atoms with Crippen LogP contribution in [0.15, 0.2) is 24.8 Å². The summed E-state index contributed by atoms with van der Waals surface area (Å²) in [4.78, 5) is 11.4. The van der Waals surface area contributed by atoms with Gasteiger partial charge in [0.1, 0.15) is 0 Å². The third-order valence-corrected chi connectivity index (χ3v) is 2.77. The second-order valence-corrected chi connectivity index (χ2v) is 4.05. The van der Waals surface area contributed by atoms with E-state index in [-0.39, 0.29) is 24.6 Å². The summed E-state index contributed by atoms with van der Waals surface area (Å²) in [5.41, 5.74) is 0.433. The van der Waals surface area contributed by atoms with E-state index in [0.29, 0.717) is 10.1 Å². The van der Waals surface area contributed by atoms with Gasteiger partial charge in [-0.3, -0.25) is 4.48 Å². The molecule has 2 atom stereocenters. The van der Waals surface area contributed by atoms with Gasteiger partial charge in [-0.15, -0.1) is 0 Å². The fraction of sp³-hybridized carbons (Fsp3) is 0.583. The van der Waals surface area contributed by atoms with E-state index < -0.39 is 0 Å². The zero-order valence-corrected chi connectivity index (χ0v) is 11.4. The van der Waals surface area contributed by atoms with Gasteiger partial charge in [-0.1, -0.05) is 13.2 Å². The quantitative estimate of drug-likeness (QED) is 0.200. The molecular weight excluding hydrogens is 226 g/mol. The molecule has 0 N–H and O–H groups in total. The summed E-state index contributed by atoms with van der Waals surface area (Å²) in [6.07, 6.45) is 1.66. The van der Waals surface area contributed by atoms with Gasteiger partial charge in [-0.25, -0.2) is 4.79 Å². The second kappa shape index (κ2) is 7.47. The number of esters is 1. The van der Waals surface area contributed by atoms with E-state index in [1.165, 1.54) is 0 Å². The lowest BCUT2D eigenvalue weighted by Crippen LogP contribution is -3.00. The average molecular weight is 248 g/mol.